The van der Waals surface area contributed by atoms with E-state index >= 15 is 0 Å². The smallest absolute Gasteiger partial charge is 0.111 e. The summed E-state index contributed by atoms with van der Waals surface area (Å²) < 4.78 is 2.10. The van der Waals surface area contributed by atoms with Gasteiger partial charge in [-0.3, -0.25) is 14.5 Å². The molecular formula is C25H15N5. The molecule has 0 radical (unpaired) electrons. The van der Waals surface area contributed by atoms with Gasteiger partial charge in [-0.25, -0.2) is 4.98 Å². The largest absolute Gasteiger partial charge is 0.296 e. The Morgan fingerprint density at radius 1 is 0.867 bits per heavy atom. The van der Waals surface area contributed by atoms with E-state index in [1.54, 1.807) is 18.6 Å². The van der Waals surface area contributed by atoms with E-state index in [9.17, 15) is 0 Å². The minimum absolute atomic E-state index is 0.625. The summed E-state index contributed by atoms with van der Waals surface area (Å²) in [6, 6.07) is 19.5. The molecule has 140 valence electrons. The third kappa shape index (κ3) is 3.05. The Morgan fingerprint density at radius 2 is 1.67 bits per heavy atom. The Hall–Kier alpha value is -4.48. The number of hydrogen-bond acceptors (Lipinski definition) is 4. The van der Waals surface area contributed by atoms with Gasteiger partial charge in [-0.05, 0) is 61.5 Å². The first-order valence-corrected chi connectivity index (χ1v) is 9.43. The van der Waals surface area contributed by atoms with Crippen molar-refractivity contribution in [3.05, 3.63) is 95.7 Å². The zero-order valence-electron chi connectivity index (χ0n) is 16.2. The van der Waals surface area contributed by atoms with Gasteiger partial charge in [-0.2, -0.15) is 5.26 Å². The number of imidazole rings is 1. The lowest BCUT2D eigenvalue weighted by Crippen LogP contribution is -1.97. The fourth-order valence-corrected chi connectivity index (χ4v) is 3.53. The van der Waals surface area contributed by atoms with Crippen molar-refractivity contribution in [2.75, 3.05) is 0 Å². The summed E-state index contributed by atoms with van der Waals surface area (Å²) in [4.78, 5) is 13.4. The molecule has 5 nitrogen and oxygen atoms in total. The van der Waals surface area contributed by atoms with E-state index in [1.807, 2.05) is 55.5 Å². The number of fused-ring (bicyclic) bond motifs is 3. The van der Waals surface area contributed by atoms with Crippen LogP contribution in [0.1, 0.15) is 22.5 Å². The molecule has 2 aromatic carbocycles. The van der Waals surface area contributed by atoms with Gasteiger partial charge in [0.25, 0.3) is 0 Å². The van der Waals surface area contributed by atoms with Crippen molar-refractivity contribution in [3.63, 3.8) is 0 Å². The predicted octanol–water partition coefficient (Wildman–Crippen LogP) is 4.55. The van der Waals surface area contributed by atoms with Crippen molar-refractivity contribution in [2.24, 2.45) is 0 Å². The van der Waals surface area contributed by atoms with Crippen molar-refractivity contribution < 1.29 is 0 Å². The summed E-state index contributed by atoms with van der Waals surface area (Å²) in [6.45, 7) is 1.97. The molecule has 5 heteroatoms. The SMILES string of the molecule is Cc1nc2cnc3ccc(C#Cc4cccnc4)cc3c2n1-c1ccc(C#N)cc1. The van der Waals surface area contributed by atoms with Crippen LogP contribution in [-0.2, 0) is 0 Å². The third-order valence-electron chi connectivity index (χ3n) is 4.92. The van der Waals surface area contributed by atoms with Gasteiger partial charge < -0.3 is 0 Å². The molecule has 0 unspecified atom stereocenters. The Morgan fingerprint density at radius 3 is 2.43 bits per heavy atom. The highest BCUT2D eigenvalue weighted by molar-refractivity contribution is 6.03. The molecular weight excluding hydrogens is 370 g/mol. The van der Waals surface area contributed by atoms with Gasteiger partial charge in [0, 0.05) is 34.6 Å². The molecule has 0 atom stereocenters. The molecule has 0 saturated heterocycles. The van der Waals surface area contributed by atoms with Gasteiger partial charge in [0.05, 0.1) is 28.9 Å². The molecule has 0 aliphatic carbocycles. The van der Waals surface area contributed by atoms with E-state index in [0.29, 0.717) is 5.56 Å². The molecule has 3 heterocycles. The second-order valence-corrected chi connectivity index (χ2v) is 6.87. The van der Waals surface area contributed by atoms with E-state index in [2.05, 4.69) is 38.5 Å². The average molecular weight is 385 g/mol. The van der Waals surface area contributed by atoms with Crippen LogP contribution in [-0.4, -0.2) is 19.5 Å². The van der Waals surface area contributed by atoms with Crippen molar-refractivity contribution in [3.8, 4) is 23.6 Å². The first-order valence-electron chi connectivity index (χ1n) is 9.43. The van der Waals surface area contributed by atoms with Crippen LogP contribution >= 0.6 is 0 Å². The fourth-order valence-electron chi connectivity index (χ4n) is 3.53. The van der Waals surface area contributed by atoms with Crippen LogP contribution in [0.2, 0.25) is 0 Å². The summed E-state index contributed by atoms with van der Waals surface area (Å²) >= 11 is 0. The van der Waals surface area contributed by atoms with Crippen LogP contribution < -0.4 is 0 Å². The van der Waals surface area contributed by atoms with Gasteiger partial charge in [0.15, 0.2) is 0 Å². The molecule has 5 aromatic rings. The Labute approximate surface area is 173 Å². The zero-order valence-corrected chi connectivity index (χ0v) is 16.2. The van der Waals surface area contributed by atoms with Crippen LogP contribution in [0.15, 0.2) is 73.2 Å². The highest BCUT2D eigenvalue weighted by Crippen LogP contribution is 2.28. The molecule has 0 spiro atoms. The zero-order chi connectivity index (χ0) is 20.5. The number of benzene rings is 2. The first kappa shape index (κ1) is 17.6. The lowest BCUT2D eigenvalue weighted by Gasteiger charge is -2.09. The van der Waals surface area contributed by atoms with E-state index in [1.165, 1.54) is 0 Å². The van der Waals surface area contributed by atoms with E-state index in [-0.39, 0.29) is 0 Å². The summed E-state index contributed by atoms with van der Waals surface area (Å²) in [6.07, 6.45) is 5.28. The van der Waals surface area contributed by atoms with Crippen LogP contribution in [0.4, 0.5) is 0 Å². The van der Waals surface area contributed by atoms with Crippen molar-refractivity contribution in [1.29, 1.82) is 5.26 Å². The average Bonchev–Trinajstić information content (AvgIpc) is 3.14. The molecule has 0 amide bonds. The van der Waals surface area contributed by atoms with Gasteiger partial charge in [-0.1, -0.05) is 11.8 Å². The standard InChI is InChI=1S/C25H15N5/c1-17-29-24-16-28-23-11-8-18(4-5-20-3-2-12-27-15-20)13-22(23)25(24)30(17)21-9-6-19(14-26)7-10-21/h2-3,6-13,15-16H,1H3. The number of pyridine rings is 2. The molecule has 0 aliphatic heterocycles. The topological polar surface area (TPSA) is 67.4 Å². The maximum absolute atomic E-state index is 9.10. The minimum Gasteiger partial charge on any atom is -0.296 e. The van der Waals surface area contributed by atoms with Gasteiger partial charge in [0.2, 0.25) is 0 Å². The number of hydrogen-bond donors (Lipinski definition) is 0. The summed E-state index contributed by atoms with van der Waals surface area (Å²) in [5.74, 6) is 7.22. The van der Waals surface area contributed by atoms with Crippen molar-refractivity contribution >= 4 is 21.9 Å². The minimum atomic E-state index is 0.625. The first-order chi connectivity index (χ1) is 14.7. The fraction of sp³-hybridized carbons (Fsp3) is 0.0400. The highest BCUT2D eigenvalue weighted by Gasteiger charge is 2.13. The van der Waals surface area contributed by atoms with Gasteiger partial charge in [0.1, 0.15) is 11.3 Å². The lowest BCUT2D eigenvalue weighted by atomic mass is 10.1. The highest BCUT2D eigenvalue weighted by atomic mass is 15.1. The summed E-state index contributed by atoms with van der Waals surface area (Å²) in [5.41, 5.74) is 6.02. The molecule has 5 rings (SSSR count). The maximum atomic E-state index is 9.10. The monoisotopic (exact) mass is 385 g/mol. The Balaban J connectivity index is 1.72. The number of aryl methyl sites for hydroxylation is 1. The van der Waals surface area contributed by atoms with Crippen LogP contribution in [0.3, 0.4) is 0 Å². The number of rotatable bonds is 1. The molecule has 30 heavy (non-hydrogen) atoms. The molecule has 3 aromatic heterocycles. The molecule has 0 saturated carbocycles. The Bertz CT molecular complexity index is 1500. The predicted molar refractivity (Wildman–Crippen MR) is 116 cm³/mol. The Kier molecular flexibility index (Phi) is 4.20. The maximum Gasteiger partial charge on any atom is 0.111 e. The second-order valence-electron chi connectivity index (χ2n) is 6.87. The normalized spacial score (nSPS) is 10.5. The number of nitrogens with zero attached hydrogens (tertiary/aromatic N) is 5. The summed E-state index contributed by atoms with van der Waals surface area (Å²) in [7, 11) is 0. The quantitative estimate of drug-likeness (QED) is 0.397. The van der Waals surface area contributed by atoms with Crippen molar-refractivity contribution in [1.82, 2.24) is 19.5 Å². The van der Waals surface area contributed by atoms with E-state index in [0.717, 1.165) is 44.6 Å². The molecule has 0 bridgehead atoms. The second kappa shape index (κ2) is 7.16. The molecule has 0 N–H and O–H groups in total. The molecule has 0 fully saturated rings. The van der Waals surface area contributed by atoms with E-state index in [4.69, 9.17) is 10.2 Å². The van der Waals surface area contributed by atoms with E-state index < -0.39 is 0 Å². The van der Waals surface area contributed by atoms with Crippen molar-refractivity contribution in [2.45, 2.75) is 6.92 Å². The third-order valence-corrected chi connectivity index (χ3v) is 4.92. The van der Waals surface area contributed by atoms with Crippen LogP contribution in [0, 0.1) is 30.1 Å². The molecule has 0 aliphatic rings. The van der Waals surface area contributed by atoms with Crippen LogP contribution in [0.5, 0.6) is 0 Å². The van der Waals surface area contributed by atoms with Crippen LogP contribution in [0.25, 0.3) is 27.6 Å². The summed E-state index contributed by atoms with van der Waals surface area (Å²) in [5, 5.41) is 10.1. The number of aromatic nitrogens is 4. The number of nitriles is 1. The van der Waals surface area contributed by atoms with Gasteiger partial charge >= 0.3 is 0 Å². The van der Waals surface area contributed by atoms with Gasteiger partial charge in [-0.15, -0.1) is 0 Å². The lowest BCUT2D eigenvalue weighted by molar-refractivity contribution is 1.00.